The molecule has 1 aliphatic heterocycles. The smallest absolute Gasteiger partial charge is 0.289 e. The molecule has 1 aliphatic rings. The van der Waals surface area contributed by atoms with E-state index >= 15 is 0 Å². The minimum atomic E-state index is -0.175. The number of halogens is 1. The standard InChI is InChI=1S/C18H19BrN2O5/c1-24-13-9-12(10-14(11-13)25-2)17(22)20-5-7-21(8-6-20)18(23)15-3-4-16(19)26-15/h3-4,9-11H,5-8H2,1-2H3. The van der Waals surface area contributed by atoms with Crippen molar-refractivity contribution >= 4 is 27.7 Å². The number of carbonyl (C=O) groups is 2. The van der Waals surface area contributed by atoms with Crippen LogP contribution in [-0.2, 0) is 0 Å². The maximum Gasteiger partial charge on any atom is 0.289 e. The molecule has 7 nitrogen and oxygen atoms in total. The van der Waals surface area contributed by atoms with Gasteiger partial charge in [0, 0.05) is 37.8 Å². The number of hydrogen-bond acceptors (Lipinski definition) is 5. The first-order valence-electron chi connectivity index (χ1n) is 8.09. The SMILES string of the molecule is COc1cc(OC)cc(C(=O)N2CCN(C(=O)c3ccc(Br)o3)CC2)c1. The third kappa shape index (κ3) is 3.85. The molecule has 8 heteroatoms. The van der Waals surface area contributed by atoms with Crippen LogP contribution in [0.25, 0.3) is 0 Å². The number of carbonyl (C=O) groups excluding carboxylic acids is 2. The Labute approximate surface area is 159 Å². The van der Waals surface area contributed by atoms with E-state index in [0.717, 1.165) is 0 Å². The Morgan fingerprint density at radius 3 is 1.92 bits per heavy atom. The topological polar surface area (TPSA) is 72.2 Å². The predicted molar refractivity (Wildman–Crippen MR) is 97.8 cm³/mol. The molecule has 0 N–H and O–H groups in total. The maximum absolute atomic E-state index is 12.8. The minimum absolute atomic E-state index is 0.116. The molecule has 138 valence electrons. The monoisotopic (exact) mass is 422 g/mol. The molecule has 0 unspecified atom stereocenters. The van der Waals surface area contributed by atoms with E-state index in [2.05, 4.69) is 15.9 Å². The van der Waals surface area contributed by atoms with Crippen molar-refractivity contribution in [2.45, 2.75) is 0 Å². The summed E-state index contributed by atoms with van der Waals surface area (Å²) >= 11 is 3.19. The number of amides is 2. The van der Waals surface area contributed by atoms with Crippen molar-refractivity contribution in [1.29, 1.82) is 0 Å². The van der Waals surface area contributed by atoms with Gasteiger partial charge in [-0.3, -0.25) is 9.59 Å². The van der Waals surface area contributed by atoms with Gasteiger partial charge in [-0.1, -0.05) is 0 Å². The van der Waals surface area contributed by atoms with Crippen molar-refractivity contribution < 1.29 is 23.5 Å². The van der Waals surface area contributed by atoms with Gasteiger partial charge in [0.2, 0.25) is 0 Å². The van der Waals surface area contributed by atoms with Gasteiger partial charge in [0.25, 0.3) is 11.8 Å². The van der Waals surface area contributed by atoms with Crippen LogP contribution in [0, 0.1) is 0 Å². The molecule has 1 aromatic heterocycles. The molecule has 0 atom stereocenters. The molecular weight excluding hydrogens is 404 g/mol. The number of furan rings is 1. The Kier molecular flexibility index (Phi) is 5.51. The van der Waals surface area contributed by atoms with Gasteiger partial charge < -0.3 is 23.7 Å². The zero-order valence-electron chi connectivity index (χ0n) is 14.5. The number of piperazine rings is 1. The molecule has 0 saturated carbocycles. The van der Waals surface area contributed by atoms with Crippen molar-refractivity contribution in [3.05, 3.63) is 46.3 Å². The lowest BCUT2D eigenvalue weighted by molar-refractivity contribution is 0.0517. The Morgan fingerprint density at radius 1 is 0.923 bits per heavy atom. The molecule has 2 aromatic rings. The lowest BCUT2D eigenvalue weighted by Gasteiger charge is -2.34. The van der Waals surface area contributed by atoms with Gasteiger partial charge in [-0.2, -0.15) is 0 Å². The first-order chi connectivity index (χ1) is 12.5. The highest BCUT2D eigenvalue weighted by molar-refractivity contribution is 9.10. The summed E-state index contributed by atoms with van der Waals surface area (Å²) in [4.78, 5) is 28.6. The third-order valence-corrected chi connectivity index (χ3v) is 4.66. The second kappa shape index (κ2) is 7.82. The summed E-state index contributed by atoms with van der Waals surface area (Å²) in [5, 5.41) is 0. The van der Waals surface area contributed by atoms with Crippen LogP contribution in [0.2, 0.25) is 0 Å². The van der Waals surface area contributed by atoms with E-state index in [1.807, 2.05) is 0 Å². The van der Waals surface area contributed by atoms with Crippen LogP contribution in [0.15, 0.2) is 39.4 Å². The van der Waals surface area contributed by atoms with E-state index in [0.29, 0.717) is 47.9 Å². The lowest BCUT2D eigenvalue weighted by Crippen LogP contribution is -2.50. The molecule has 0 radical (unpaired) electrons. The molecule has 0 aliphatic carbocycles. The fourth-order valence-corrected chi connectivity index (χ4v) is 3.12. The second-order valence-corrected chi connectivity index (χ2v) is 6.57. The minimum Gasteiger partial charge on any atom is -0.497 e. The summed E-state index contributed by atoms with van der Waals surface area (Å²) in [5.74, 6) is 1.12. The normalized spacial score (nSPS) is 14.3. The first-order valence-corrected chi connectivity index (χ1v) is 8.88. The molecule has 3 rings (SSSR count). The number of benzene rings is 1. The van der Waals surface area contributed by atoms with E-state index in [-0.39, 0.29) is 17.6 Å². The highest BCUT2D eigenvalue weighted by Crippen LogP contribution is 2.24. The third-order valence-electron chi connectivity index (χ3n) is 4.24. The van der Waals surface area contributed by atoms with Gasteiger partial charge in [-0.05, 0) is 40.2 Å². The van der Waals surface area contributed by atoms with Crippen molar-refractivity contribution in [2.75, 3.05) is 40.4 Å². The molecule has 2 heterocycles. The number of nitrogens with zero attached hydrogens (tertiary/aromatic N) is 2. The van der Waals surface area contributed by atoms with E-state index in [9.17, 15) is 9.59 Å². The van der Waals surface area contributed by atoms with Crippen molar-refractivity contribution in [3.63, 3.8) is 0 Å². The second-order valence-electron chi connectivity index (χ2n) is 5.79. The number of rotatable bonds is 4. The maximum atomic E-state index is 12.8. The van der Waals surface area contributed by atoms with Crippen LogP contribution in [-0.4, -0.2) is 62.0 Å². The largest absolute Gasteiger partial charge is 0.497 e. The average Bonchev–Trinajstić information content (AvgIpc) is 3.12. The highest BCUT2D eigenvalue weighted by atomic mass is 79.9. The van der Waals surface area contributed by atoms with Crippen LogP contribution in [0.5, 0.6) is 11.5 Å². The van der Waals surface area contributed by atoms with Gasteiger partial charge >= 0.3 is 0 Å². The molecule has 1 saturated heterocycles. The number of methoxy groups -OCH3 is 2. The van der Waals surface area contributed by atoms with Gasteiger partial charge in [0.15, 0.2) is 10.4 Å². The molecule has 1 fully saturated rings. The van der Waals surface area contributed by atoms with Gasteiger partial charge in [-0.25, -0.2) is 0 Å². The van der Waals surface area contributed by atoms with Crippen molar-refractivity contribution in [1.82, 2.24) is 9.80 Å². The zero-order chi connectivity index (χ0) is 18.7. The average molecular weight is 423 g/mol. The molecule has 1 aromatic carbocycles. The van der Waals surface area contributed by atoms with Crippen molar-refractivity contribution in [3.8, 4) is 11.5 Å². The van der Waals surface area contributed by atoms with Crippen LogP contribution >= 0.6 is 15.9 Å². The van der Waals surface area contributed by atoms with E-state index in [1.54, 1.807) is 54.4 Å². The predicted octanol–water partition coefficient (Wildman–Crippen LogP) is 2.66. The van der Waals surface area contributed by atoms with Crippen molar-refractivity contribution in [2.24, 2.45) is 0 Å². The van der Waals surface area contributed by atoms with Crippen LogP contribution < -0.4 is 9.47 Å². The zero-order valence-corrected chi connectivity index (χ0v) is 16.1. The van der Waals surface area contributed by atoms with E-state index < -0.39 is 0 Å². The van der Waals surface area contributed by atoms with E-state index in [4.69, 9.17) is 13.9 Å². The summed E-state index contributed by atoms with van der Waals surface area (Å²) in [6, 6.07) is 8.40. The fourth-order valence-electron chi connectivity index (χ4n) is 2.81. The summed E-state index contributed by atoms with van der Waals surface area (Å²) in [5.41, 5.74) is 0.496. The highest BCUT2D eigenvalue weighted by Gasteiger charge is 2.27. The Morgan fingerprint density at radius 2 is 1.46 bits per heavy atom. The summed E-state index contributed by atoms with van der Waals surface area (Å²) in [6.45, 7) is 1.80. The Bertz CT molecular complexity index is 789. The fraction of sp³-hybridized carbons (Fsp3) is 0.333. The summed E-state index contributed by atoms with van der Waals surface area (Å²) < 4.78 is 16.3. The lowest BCUT2D eigenvalue weighted by atomic mass is 10.1. The molecule has 2 amide bonds. The van der Waals surface area contributed by atoms with Gasteiger partial charge in [0.1, 0.15) is 11.5 Å². The molecular formula is C18H19BrN2O5. The molecule has 0 bridgehead atoms. The summed E-state index contributed by atoms with van der Waals surface area (Å²) in [6.07, 6.45) is 0. The molecule has 26 heavy (non-hydrogen) atoms. The van der Waals surface area contributed by atoms with Crippen LogP contribution in [0.3, 0.4) is 0 Å². The number of ether oxygens (including phenoxy) is 2. The Hall–Kier alpha value is -2.48. The Balaban J connectivity index is 1.66. The van der Waals surface area contributed by atoms with Crippen LogP contribution in [0.1, 0.15) is 20.9 Å². The first kappa shape index (κ1) is 18.3. The number of hydrogen-bond donors (Lipinski definition) is 0. The molecule has 0 spiro atoms. The van der Waals surface area contributed by atoms with Crippen LogP contribution in [0.4, 0.5) is 0 Å². The quantitative estimate of drug-likeness (QED) is 0.756. The van der Waals surface area contributed by atoms with Gasteiger partial charge in [-0.15, -0.1) is 0 Å². The summed E-state index contributed by atoms with van der Waals surface area (Å²) in [7, 11) is 3.08. The van der Waals surface area contributed by atoms with E-state index in [1.165, 1.54) is 0 Å². The van der Waals surface area contributed by atoms with Gasteiger partial charge in [0.05, 0.1) is 14.2 Å².